The second-order valence-corrected chi connectivity index (χ2v) is 6.81. The smallest absolute Gasteiger partial charge is 0.244 e. The van der Waals surface area contributed by atoms with Crippen LogP contribution < -0.4 is 0 Å². The van der Waals surface area contributed by atoms with Gasteiger partial charge in [-0.05, 0) is 43.2 Å². The van der Waals surface area contributed by atoms with Gasteiger partial charge in [0, 0.05) is 38.2 Å². The molecule has 1 amide bonds. The van der Waals surface area contributed by atoms with Crippen LogP contribution in [-0.2, 0) is 16.1 Å². The zero-order chi connectivity index (χ0) is 18.5. The van der Waals surface area contributed by atoms with E-state index in [1.807, 2.05) is 45.2 Å². The Bertz CT molecular complexity index is 724. The molecule has 1 atom stereocenters. The van der Waals surface area contributed by atoms with E-state index < -0.39 is 0 Å². The molecule has 6 heteroatoms. The fourth-order valence-corrected chi connectivity index (χ4v) is 3.42. The summed E-state index contributed by atoms with van der Waals surface area (Å²) in [7, 11) is 1.84. The lowest BCUT2D eigenvalue weighted by molar-refractivity contribution is -0.138. The van der Waals surface area contributed by atoms with Crippen LogP contribution in [0.3, 0.4) is 0 Å². The molecular weight excluding hydrogens is 328 g/mol. The quantitative estimate of drug-likeness (QED) is 0.823. The van der Waals surface area contributed by atoms with Crippen LogP contribution in [0.1, 0.15) is 28.6 Å². The molecule has 2 aromatic heterocycles. The van der Waals surface area contributed by atoms with Gasteiger partial charge < -0.3 is 9.64 Å². The predicted molar refractivity (Wildman–Crippen MR) is 99.6 cm³/mol. The minimum atomic E-state index is -0.344. The number of morpholine rings is 1. The molecule has 0 radical (unpaired) electrons. The van der Waals surface area contributed by atoms with E-state index in [-0.39, 0.29) is 11.9 Å². The van der Waals surface area contributed by atoms with Gasteiger partial charge >= 0.3 is 0 Å². The van der Waals surface area contributed by atoms with Crippen molar-refractivity contribution in [3.63, 3.8) is 0 Å². The maximum Gasteiger partial charge on any atom is 0.244 e. The average Bonchev–Trinajstić information content (AvgIpc) is 2.63. The van der Waals surface area contributed by atoms with Crippen molar-refractivity contribution in [3.8, 4) is 0 Å². The highest BCUT2D eigenvalue weighted by molar-refractivity contribution is 5.83. The van der Waals surface area contributed by atoms with Gasteiger partial charge in [-0.25, -0.2) is 0 Å². The molecule has 1 saturated heterocycles. The number of hydrogen-bond acceptors (Lipinski definition) is 5. The van der Waals surface area contributed by atoms with E-state index in [0.717, 1.165) is 35.6 Å². The first-order valence-electron chi connectivity index (χ1n) is 8.95. The molecule has 1 fully saturated rings. The molecule has 1 unspecified atom stereocenters. The van der Waals surface area contributed by atoms with Crippen molar-refractivity contribution >= 4 is 5.91 Å². The van der Waals surface area contributed by atoms with Crippen LogP contribution in [0.25, 0.3) is 0 Å². The number of carbonyl (C=O) groups is 1. The summed E-state index contributed by atoms with van der Waals surface area (Å²) < 4.78 is 5.46. The van der Waals surface area contributed by atoms with Gasteiger partial charge in [0.15, 0.2) is 0 Å². The van der Waals surface area contributed by atoms with Crippen molar-refractivity contribution in [3.05, 3.63) is 59.2 Å². The maximum atomic E-state index is 13.3. The first-order valence-corrected chi connectivity index (χ1v) is 8.95. The second kappa shape index (κ2) is 8.38. The van der Waals surface area contributed by atoms with Crippen LogP contribution in [0.2, 0.25) is 0 Å². The summed E-state index contributed by atoms with van der Waals surface area (Å²) in [6, 6.07) is 7.57. The topological polar surface area (TPSA) is 58.6 Å². The number of ether oxygens (including phenoxy) is 1. The summed E-state index contributed by atoms with van der Waals surface area (Å²) in [6.07, 6.45) is 3.51. The molecule has 138 valence electrons. The lowest BCUT2D eigenvalue weighted by atomic mass is 10.1. The zero-order valence-corrected chi connectivity index (χ0v) is 15.7. The average molecular weight is 354 g/mol. The van der Waals surface area contributed by atoms with E-state index in [4.69, 9.17) is 4.74 Å². The third-order valence-electron chi connectivity index (χ3n) is 4.57. The first kappa shape index (κ1) is 18.5. The molecular formula is C20H26N4O2. The number of pyridine rings is 2. The maximum absolute atomic E-state index is 13.3. The van der Waals surface area contributed by atoms with E-state index in [1.165, 1.54) is 0 Å². The van der Waals surface area contributed by atoms with Crippen LogP contribution in [0.15, 0.2) is 36.7 Å². The molecule has 3 rings (SSSR count). The number of amides is 1. The standard InChI is InChI=1S/C20H26N4O2/c1-15-11-16(2)22-18(12-15)14-23(3)20(25)19(17-5-4-6-21-13-17)24-7-9-26-10-8-24/h4-6,11-13,19H,7-10,14H2,1-3H3. The highest BCUT2D eigenvalue weighted by Crippen LogP contribution is 2.24. The van der Waals surface area contributed by atoms with Gasteiger partial charge in [0.2, 0.25) is 5.91 Å². The highest BCUT2D eigenvalue weighted by atomic mass is 16.5. The lowest BCUT2D eigenvalue weighted by Crippen LogP contribution is -2.46. The summed E-state index contributed by atoms with van der Waals surface area (Å²) in [5.74, 6) is 0.0564. The lowest BCUT2D eigenvalue weighted by Gasteiger charge is -2.35. The van der Waals surface area contributed by atoms with Crippen molar-refractivity contribution in [1.82, 2.24) is 19.8 Å². The van der Waals surface area contributed by atoms with Crippen LogP contribution >= 0.6 is 0 Å². The van der Waals surface area contributed by atoms with E-state index in [1.54, 1.807) is 17.3 Å². The molecule has 0 spiro atoms. The van der Waals surface area contributed by atoms with Gasteiger partial charge in [0.1, 0.15) is 6.04 Å². The van der Waals surface area contributed by atoms with Crippen molar-refractivity contribution in [2.24, 2.45) is 0 Å². The number of hydrogen-bond donors (Lipinski definition) is 0. The molecule has 0 bridgehead atoms. The first-order chi connectivity index (χ1) is 12.5. The third kappa shape index (κ3) is 4.45. The summed E-state index contributed by atoms with van der Waals surface area (Å²) in [5, 5.41) is 0. The largest absolute Gasteiger partial charge is 0.379 e. The van der Waals surface area contributed by atoms with Crippen molar-refractivity contribution in [2.75, 3.05) is 33.4 Å². The highest BCUT2D eigenvalue weighted by Gasteiger charge is 2.31. The Hall–Kier alpha value is -2.31. The Morgan fingerprint density at radius 1 is 1.31 bits per heavy atom. The Morgan fingerprint density at radius 2 is 2.08 bits per heavy atom. The van der Waals surface area contributed by atoms with Gasteiger partial charge in [0.25, 0.3) is 0 Å². The molecule has 1 aliphatic heterocycles. The fourth-order valence-electron chi connectivity index (χ4n) is 3.42. The Labute approximate surface area is 154 Å². The molecule has 0 saturated carbocycles. The number of carbonyl (C=O) groups excluding carboxylic acids is 1. The van der Waals surface area contributed by atoms with E-state index in [9.17, 15) is 4.79 Å². The third-order valence-corrected chi connectivity index (χ3v) is 4.57. The SMILES string of the molecule is Cc1cc(C)nc(CN(C)C(=O)C(c2cccnc2)N2CCOCC2)c1. The molecule has 2 aromatic rings. The summed E-state index contributed by atoms with van der Waals surface area (Å²) in [6.45, 7) is 7.28. The van der Waals surface area contributed by atoms with Crippen LogP contribution in [-0.4, -0.2) is 59.0 Å². The Kier molecular flexibility index (Phi) is 5.96. The van der Waals surface area contributed by atoms with Gasteiger partial charge in [0.05, 0.1) is 25.5 Å². The van der Waals surface area contributed by atoms with Crippen molar-refractivity contribution in [1.29, 1.82) is 0 Å². The van der Waals surface area contributed by atoms with Crippen molar-refractivity contribution < 1.29 is 9.53 Å². The molecule has 3 heterocycles. The second-order valence-electron chi connectivity index (χ2n) is 6.81. The van der Waals surface area contributed by atoms with Gasteiger partial charge in [-0.15, -0.1) is 0 Å². The number of aromatic nitrogens is 2. The molecule has 26 heavy (non-hydrogen) atoms. The van der Waals surface area contributed by atoms with E-state index in [2.05, 4.69) is 14.9 Å². The van der Waals surface area contributed by atoms with Gasteiger partial charge in [-0.3, -0.25) is 19.7 Å². The van der Waals surface area contributed by atoms with Gasteiger partial charge in [-0.2, -0.15) is 0 Å². The molecule has 0 N–H and O–H groups in total. The molecule has 0 aliphatic carbocycles. The molecule has 0 aromatic carbocycles. The number of nitrogens with zero attached hydrogens (tertiary/aromatic N) is 4. The van der Waals surface area contributed by atoms with Crippen LogP contribution in [0.5, 0.6) is 0 Å². The molecule has 6 nitrogen and oxygen atoms in total. The van der Waals surface area contributed by atoms with E-state index in [0.29, 0.717) is 19.8 Å². The summed E-state index contributed by atoms with van der Waals surface area (Å²) in [5.41, 5.74) is 3.95. The normalized spacial score (nSPS) is 16.3. The van der Waals surface area contributed by atoms with Gasteiger partial charge in [-0.1, -0.05) is 6.07 Å². The Balaban J connectivity index is 1.81. The predicted octanol–water partition coefficient (Wildman–Crippen LogP) is 2.13. The van der Waals surface area contributed by atoms with E-state index >= 15 is 0 Å². The summed E-state index contributed by atoms with van der Waals surface area (Å²) >= 11 is 0. The summed E-state index contributed by atoms with van der Waals surface area (Å²) in [4.78, 5) is 26.0. The monoisotopic (exact) mass is 354 g/mol. The fraction of sp³-hybridized carbons (Fsp3) is 0.450. The minimum Gasteiger partial charge on any atom is -0.379 e. The number of aryl methyl sites for hydroxylation is 2. The number of likely N-dealkylation sites (N-methyl/N-ethyl adjacent to an activating group) is 1. The zero-order valence-electron chi connectivity index (χ0n) is 15.7. The van der Waals surface area contributed by atoms with Crippen LogP contribution in [0.4, 0.5) is 0 Å². The van der Waals surface area contributed by atoms with Crippen molar-refractivity contribution in [2.45, 2.75) is 26.4 Å². The molecule has 1 aliphatic rings. The number of rotatable bonds is 5. The van der Waals surface area contributed by atoms with Crippen LogP contribution in [0, 0.1) is 13.8 Å². The Morgan fingerprint density at radius 3 is 2.73 bits per heavy atom. The minimum absolute atomic E-state index is 0.0564.